The van der Waals surface area contributed by atoms with Crippen LogP contribution in [0, 0.1) is 6.92 Å². The standard InChI is InChI=1S/C17H24N2O2/c1-4-17(5-2,16(18)21)19-15(20)14-10-9-11(3)12-7-6-8-13(12)14/h9-10H,4-8H2,1-3H3,(H2,18,21)(H,19,20). The van der Waals surface area contributed by atoms with Crippen LogP contribution in [0.4, 0.5) is 0 Å². The number of carbonyl (C=O) groups excluding carboxylic acids is 2. The number of hydrogen-bond acceptors (Lipinski definition) is 2. The Kier molecular flexibility index (Phi) is 4.35. The van der Waals surface area contributed by atoms with Crippen LogP contribution in [0.25, 0.3) is 0 Å². The quantitative estimate of drug-likeness (QED) is 0.872. The minimum atomic E-state index is -0.951. The van der Waals surface area contributed by atoms with Gasteiger partial charge in [-0.2, -0.15) is 0 Å². The Labute approximate surface area is 126 Å². The van der Waals surface area contributed by atoms with Gasteiger partial charge in [0.05, 0.1) is 0 Å². The number of nitrogens with two attached hydrogens (primary N) is 1. The third kappa shape index (κ3) is 2.67. The number of amides is 2. The van der Waals surface area contributed by atoms with E-state index in [1.807, 2.05) is 26.0 Å². The largest absolute Gasteiger partial charge is 0.368 e. The zero-order chi connectivity index (χ0) is 15.6. The van der Waals surface area contributed by atoms with Gasteiger partial charge in [0.2, 0.25) is 5.91 Å². The fraction of sp³-hybridized carbons (Fsp3) is 0.529. The minimum absolute atomic E-state index is 0.185. The van der Waals surface area contributed by atoms with Crippen LogP contribution in [0.3, 0.4) is 0 Å². The molecule has 1 aromatic rings. The van der Waals surface area contributed by atoms with Crippen molar-refractivity contribution in [3.63, 3.8) is 0 Å². The fourth-order valence-electron chi connectivity index (χ4n) is 3.22. The summed E-state index contributed by atoms with van der Waals surface area (Å²) in [4.78, 5) is 24.4. The number of carbonyl (C=O) groups is 2. The maximum atomic E-state index is 12.6. The van der Waals surface area contributed by atoms with E-state index in [2.05, 4.69) is 12.2 Å². The van der Waals surface area contributed by atoms with E-state index in [-0.39, 0.29) is 5.91 Å². The molecule has 0 heterocycles. The second-order valence-electron chi connectivity index (χ2n) is 5.85. The highest BCUT2D eigenvalue weighted by Gasteiger charge is 2.35. The molecule has 1 aromatic carbocycles. The van der Waals surface area contributed by atoms with Gasteiger partial charge in [0, 0.05) is 5.56 Å². The molecule has 0 spiro atoms. The molecule has 1 aliphatic carbocycles. The molecule has 0 atom stereocenters. The predicted molar refractivity (Wildman–Crippen MR) is 83.2 cm³/mol. The number of fused-ring (bicyclic) bond motifs is 1. The third-order valence-electron chi connectivity index (χ3n) is 4.80. The van der Waals surface area contributed by atoms with Gasteiger partial charge in [0.15, 0.2) is 0 Å². The normalized spacial score (nSPS) is 13.9. The molecule has 0 bridgehead atoms. The first-order valence-electron chi connectivity index (χ1n) is 7.69. The van der Waals surface area contributed by atoms with E-state index in [1.165, 1.54) is 11.1 Å². The zero-order valence-corrected chi connectivity index (χ0v) is 13.1. The van der Waals surface area contributed by atoms with E-state index in [1.54, 1.807) is 0 Å². The molecule has 21 heavy (non-hydrogen) atoms. The fourth-order valence-corrected chi connectivity index (χ4v) is 3.22. The highest BCUT2D eigenvalue weighted by atomic mass is 16.2. The molecule has 0 fully saturated rings. The minimum Gasteiger partial charge on any atom is -0.368 e. The average Bonchev–Trinajstić information content (AvgIpc) is 2.95. The van der Waals surface area contributed by atoms with Crippen molar-refractivity contribution in [2.45, 2.75) is 58.4 Å². The maximum absolute atomic E-state index is 12.6. The number of rotatable bonds is 5. The van der Waals surface area contributed by atoms with Gasteiger partial charge in [0.25, 0.3) is 5.91 Å². The van der Waals surface area contributed by atoms with E-state index in [4.69, 9.17) is 5.73 Å². The van der Waals surface area contributed by atoms with Crippen LogP contribution in [-0.4, -0.2) is 17.4 Å². The molecule has 0 saturated heterocycles. The van der Waals surface area contributed by atoms with Crippen molar-refractivity contribution in [1.29, 1.82) is 0 Å². The summed E-state index contributed by atoms with van der Waals surface area (Å²) in [7, 11) is 0. The smallest absolute Gasteiger partial charge is 0.252 e. The SMILES string of the molecule is CCC(CC)(NC(=O)c1ccc(C)c2c1CCC2)C(N)=O. The van der Waals surface area contributed by atoms with Gasteiger partial charge < -0.3 is 11.1 Å². The Hall–Kier alpha value is -1.84. The molecule has 1 aliphatic rings. The van der Waals surface area contributed by atoms with Gasteiger partial charge in [-0.15, -0.1) is 0 Å². The molecule has 0 radical (unpaired) electrons. The predicted octanol–water partition coefficient (Wildman–Crippen LogP) is 2.26. The molecule has 4 heteroatoms. The lowest BCUT2D eigenvalue weighted by Crippen LogP contribution is -2.56. The van der Waals surface area contributed by atoms with E-state index < -0.39 is 11.4 Å². The van der Waals surface area contributed by atoms with Gasteiger partial charge in [-0.1, -0.05) is 19.9 Å². The molecular formula is C17H24N2O2. The van der Waals surface area contributed by atoms with Crippen molar-refractivity contribution in [2.75, 3.05) is 0 Å². The maximum Gasteiger partial charge on any atom is 0.252 e. The van der Waals surface area contributed by atoms with Crippen molar-refractivity contribution < 1.29 is 9.59 Å². The van der Waals surface area contributed by atoms with Crippen LogP contribution in [0.2, 0.25) is 0 Å². The first-order valence-corrected chi connectivity index (χ1v) is 7.69. The Balaban J connectivity index is 2.34. The van der Waals surface area contributed by atoms with Gasteiger partial charge in [-0.3, -0.25) is 9.59 Å². The van der Waals surface area contributed by atoms with Gasteiger partial charge in [-0.05, 0) is 61.8 Å². The average molecular weight is 288 g/mol. The molecular weight excluding hydrogens is 264 g/mol. The Morgan fingerprint density at radius 3 is 2.38 bits per heavy atom. The first kappa shape index (κ1) is 15.5. The van der Waals surface area contributed by atoms with E-state index >= 15 is 0 Å². The molecule has 0 aromatic heterocycles. The lowest BCUT2D eigenvalue weighted by Gasteiger charge is -2.29. The number of primary amides is 1. The molecule has 2 amide bonds. The lowest BCUT2D eigenvalue weighted by atomic mass is 9.90. The van der Waals surface area contributed by atoms with E-state index in [0.717, 1.165) is 24.8 Å². The summed E-state index contributed by atoms with van der Waals surface area (Å²) in [5.41, 5.74) is 8.92. The Bertz CT molecular complexity index is 574. The monoisotopic (exact) mass is 288 g/mol. The Morgan fingerprint density at radius 2 is 1.81 bits per heavy atom. The van der Waals surface area contributed by atoms with Crippen molar-refractivity contribution in [1.82, 2.24) is 5.32 Å². The second kappa shape index (κ2) is 5.88. The summed E-state index contributed by atoms with van der Waals surface area (Å²) >= 11 is 0. The zero-order valence-electron chi connectivity index (χ0n) is 13.1. The molecule has 4 nitrogen and oxygen atoms in total. The molecule has 0 aliphatic heterocycles. The summed E-state index contributed by atoms with van der Waals surface area (Å²) in [6.07, 6.45) is 4.05. The number of hydrogen-bond donors (Lipinski definition) is 2. The van der Waals surface area contributed by atoms with E-state index in [9.17, 15) is 9.59 Å². The van der Waals surface area contributed by atoms with Crippen molar-refractivity contribution in [3.05, 3.63) is 34.4 Å². The highest BCUT2D eigenvalue weighted by molar-refractivity contribution is 6.00. The second-order valence-corrected chi connectivity index (χ2v) is 5.85. The van der Waals surface area contributed by atoms with Crippen LogP contribution in [-0.2, 0) is 17.6 Å². The summed E-state index contributed by atoms with van der Waals surface area (Å²) in [6.45, 7) is 5.82. The van der Waals surface area contributed by atoms with Gasteiger partial charge >= 0.3 is 0 Å². The van der Waals surface area contributed by atoms with Crippen molar-refractivity contribution in [2.24, 2.45) is 5.73 Å². The van der Waals surface area contributed by atoms with Gasteiger partial charge in [0.1, 0.15) is 5.54 Å². The molecule has 0 saturated carbocycles. The molecule has 2 rings (SSSR count). The summed E-state index contributed by atoms with van der Waals surface area (Å²) < 4.78 is 0. The number of nitrogens with one attached hydrogen (secondary N) is 1. The van der Waals surface area contributed by atoms with Crippen molar-refractivity contribution in [3.8, 4) is 0 Å². The highest BCUT2D eigenvalue weighted by Crippen LogP contribution is 2.29. The van der Waals surface area contributed by atoms with Crippen LogP contribution < -0.4 is 11.1 Å². The molecule has 0 unspecified atom stereocenters. The van der Waals surface area contributed by atoms with E-state index in [0.29, 0.717) is 18.4 Å². The van der Waals surface area contributed by atoms with Crippen LogP contribution >= 0.6 is 0 Å². The summed E-state index contributed by atoms with van der Waals surface area (Å²) in [5.74, 6) is -0.653. The lowest BCUT2D eigenvalue weighted by molar-refractivity contribution is -0.124. The topological polar surface area (TPSA) is 72.2 Å². The molecule has 114 valence electrons. The first-order chi connectivity index (χ1) is 9.95. The third-order valence-corrected chi connectivity index (χ3v) is 4.80. The summed E-state index contributed by atoms with van der Waals surface area (Å²) in [5, 5.41) is 2.88. The van der Waals surface area contributed by atoms with Crippen LogP contribution in [0.15, 0.2) is 12.1 Å². The Morgan fingerprint density at radius 1 is 1.19 bits per heavy atom. The number of aryl methyl sites for hydroxylation is 1. The van der Waals surface area contributed by atoms with Crippen LogP contribution in [0.5, 0.6) is 0 Å². The van der Waals surface area contributed by atoms with Crippen molar-refractivity contribution >= 4 is 11.8 Å². The van der Waals surface area contributed by atoms with Crippen LogP contribution in [0.1, 0.15) is 60.2 Å². The van der Waals surface area contributed by atoms with Gasteiger partial charge in [-0.25, -0.2) is 0 Å². The summed E-state index contributed by atoms with van der Waals surface area (Å²) in [6, 6.07) is 3.86. The number of benzene rings is 1. The molecule has 3 N–H and O–H groups in total.